The fraction of sp³-hybridized carbons (Fsp3) is 0.529. The molecule has 122 valence electrons. The quantitative estimate of drug-likeness (QED) is 0.730. The van der Waals surface area contributed by atoms with Crippen LogP contribution in [0.5, 0.6) is 0 Å². The first-order chi connectivity index (χ1) is 10.2. The molecule has 22 heavy (non-hydrogen) atoms. The number of amides is 2. The van der Waals surface area contributed by atoms with Crippen LogP contribution in [0.2, 0.25) is 0 Å². The number of rotatable bonds is 5. The van der Waals surface area contributed by atoms with Crippen LogP contribution in [0.3, 0.4) is 0 Å². The van der Waals surface area contributed by atoms with Crippen molar-refractivity contribution in [3.63, 3.8) is 0 Å². The minimum absolute atomic E-state index is 0.0370. The third-order valence-corrected chi connectivity index (χ3v) is 3.34. The number of benzene rings is 1. The van der Waals surface area contributed by atoms with E-state index in [0.717, 1.165) is 12.0 Å². The van der Waals surface area contributed by atoms with Gasteiger partial charge in [-0.15, -0.1) is 0 Å². The predicted octanol–water partition coefficient (Wildman–Crippen LogP) is 2.20. The summed E-state index contributed by atoms with van der Waals surface area (Å²) in [7, 11) is 0. The summed E-state index contributed by atoms with van der Waals surface area (Å²) in [5.74, 6) is -1.47. The molecule has 0 saturated heterocycles. The van der Waals surface area contributed by atoms with E-state index in [-0.39, 0.29) is 12.0 Å². The molecular formula is C17H26N2O3. The molecule has 5 nitrogen and oxygen atoms in total. The van der Waals surface area contributed by atoms with Crippen LogP contribution in [0.1, 0.15) is 46.1 Å². The minimum atomic E-state index is -0.741. The molecule has 3 N–H and O–H groups in total. The molecule has 0 spiro atoms. The topological polar surface area (TPSA) is 78.4 Å². The first-order valence-corrected chi connectivity index (χ1v) is 7.61. The molecule has 1 rings (SSSR count). The molecule has 0 aliphatic rings. The van der Waals surface area contributed by atoms with Crippen molar-refractivity contribution in [3.8, 4) is 0 Å². The van der Waals surface area contributed by atoms with Crippen molar-refractivity contribution < 1.29 is 14.7 Å². The molecule has 1 atom stereocenters. The lowest BCUT2D eigenvalue weighted by Crippen LogP contribution is -2.39. The Labute approximate surface area is 132 Å². The summed E-state index contributed by atoms with van der Waals surface area (Å²) in [5.41, 5.74) is 1.76. The van der Waals surface area contributed by atoms with Gasteiger partial charge >= 0.3 is 11.8 Å². The number of carbonyl (C=O) groups excluding carboxylic acids is 2. The van der Waals surface area contributed by atoms with Crippen molar-refractivity contribution >= 4 is 17.5 Å². The molecule has 0 fully saturated rings. The molecule has 1 unspecified atom stereocenters. The smallest absolute Gasteiger partial charge is 0.313 e. The van der Waals surface area contributed by atoms with E-state index in [1.54, 1.807) is 12.1 Å². The van der Waals surface area contributed by atoms with Crippen LogP contribution in [0.15, 0.2) is 24.3 Å². The number of hydrogen-bond donors (Lipinski definition) is 3. The van der Waals surface area contributed by atoms with E-state index >= 15 is 0 Å². The Morgan fingerprint density at radius 3 is 2.23 bits per heavy atom. The lowest BCUT2D eigenvalue weighted by atomic mass is 9.87. The molecule has 0 aliphatic heterocycles. The maximum absolute atomic E-state index is 11.8. The first kappa shape index (κ1) is 18.2. The van der Waals surface area contributed by atoms with E-state index in [2.05, 4.69) is 31.4 Å². The average molecular weight is 306 g/mol. The Bertz CT molecular complexity index is 504. The summed E-state index contributed by atoms with van der Waals surface area (Å²) >= 11 is 0. The number of hydrogen-bond acceptors (Lipinski definition) is 3. The van der Waals surface area contributed by atoms with E-state index in [1.165, 1.54) is 0 Å². The van der Waals surface area contributed by atoms with Crippen LogP contribution < -0.4 is 10.6 Å². The monoisotopic (exact) mass is 306 g/mol. The second-order valence-electron chi connectivity index (χ2n) is 6.43. The molecule has 0 aromatic heterocycles. The highest BCUT2D eigenvalue weighted by Crippen LogP contribution is 2.23. The van der Waals surface area contributed by atoms with Crippen LogP contribution in [0, 0.1) is 0 Å². The van der Waals surface area contributed by atoms with Crippen molar-refractivity contribution in [1.29, 1.82) is 0 Å². The van der Waals surface area contributed by atoms with E-state index in [9.17, 15) is 14.7 Å². The van der Waals surface area contributed by atoms with E-state index < -0.39 is 17.9 Å². The van der Waals surface area contributed by atoms with Gasteiger partial charge in [0.05, 0.1) is 6.10 Å². The second kappa shape index (κ2) is 7.94. The number of carbonyl (C=O) groups is 2. The molecule has 1 aromatic rings. The normalized spacial score (nSPS) is 12.6. The molecular weight excluding hydrogens is 280 g/mol. The third-order valence-electron chi connectivity index (χ3n) is 3.34. The molecule has 1 aromatic carbocycles. The van der Waals surface area contributed by atoms with Gasteiger partial charge in [0.1, 0.15) is 0 Å². The van der Waals surface area contributed by atoms with Crippen molar-refractivity contribution in [2.45, 2.75) is 52.1 Å². The Kier molecular flexibility index (Phi) is 6.56. The van der Waals surface area contributed by atoms with Gasteiger partial charge in [0.15, 0.2) is 0 Å². The summed E-state index contributed by atoms with van der Waals surface area (Å²) < 4.78 is 0. The number of aliphatic hydroxyl groups is 1. The number of aliphatic hydroxyl groups excluding tert-OH is 1. The molecule has 0 saturated carbocycles. The maximum atomic E-state index is 11.8. The number of nitrogens with one attached hydrogen (secondary N) is 2. The fourth-order valence-corrected chi connectivity index (χ4v) is 1.97. The van der Waals surface area contributed by atoms with Gasteiger partial charge in [-0.05, 0) is 29.5 Å². The Balaban J connectivity index is 2.52. The summed E-state index contributed by atoms with van der Waals surface area (Å²) in [6, 6.07) is 7.41. The largest absolute Gasteiger partial charge is 0.391 e. The standard InChI is InChI=1S/C17H26N2O3/c1-5-6-14(20)11-18-15(21)16(22)19-13-9-7-12(8-10-13)17(2,3)4/h7-10,14,20H,5-6,11H2,1-4H3,(H,18,21)(H,19,22). The molecule has 0 bridgehead atoms. The highest BCUT2D eigenvalue weighted by atomic mass is 16.3. The van der Waals surface area contributed by atoms with Crippen LogP contribution in [0.4, 0.5) is 5.69 Å². The number of anilines is 1. The summed E-state index contributed by atoms with van der Waals surface area (Å²) in [6.45, 7) is 8.35. The molecule has 0 heterocycles. The van der Waals surface area contributed by atoms with Crippen LogP contribution in [0.25, 0.3) is 0 Å². The molecule has 0 aliphatic carbocycles. The third kappa shape index (κ3) is 5.85. The SMILES string of the molecule is CCCC(O)CNC(=O)C(=O)Nc1ccc(C(C)(C)C)cc1. The van der Waals surface area contributed by atoms with Gasteiger partial charge in [0, 0.05) is 12.2 Å². The van der Waals surface area contributed by atoms with Gasteiger partial charge in [0.2, 0.25) is 0 Å². The summed E-state index contributed by atoms with van der Waals surface area (Å²) in [6.07, 6.45) is 0.798. The van der Waals surface area contributed by atoms with E-state index in [0.29, 0.717) is 12.1 Å². The maximum Gasteiger partial charge on any atom is 0.313 e. The van der Waals surface area contributed by atoms with Crippen LogP contribution in [-0.2, 0) is 15.0 Å². The average Bonchev–Trinajstić information content (AvgIpc) is 2.44. The zero-order chi connectivity index (χ0) is 16.8. The predicted molar refractivity (Wildman–Crippen MR) is 87.7 cm³/mol. The van der Waals surface area contributed by atoms with Gasteiger partial charge < -0.3 is 15.7 Å². The molecule has 0 radical (unpaired) electrons. The van der Waals surface area contributed by atoms with Crippen molar-refractivity contribution in [3.05, 3.63) is 29.8 Å². The van der Waals surface area contributed by atoms with Crippen molar-refractivity contribution in [2.24, 2.45) is 0 Å². The zero-order valence-electron chi connectivity index (χ0n) is 13.8. The lowest BCUT2D eigenvalue weighted by molar-refractivity contribution is -0.136. The molecule has 5 heteroatoms. The van der Waals surface area contributed by atoms with Gasteiger partial charge in [-0.3, -0.25) is 9.59 Å². The second-order valence-corrected chi connectivity index (χ2v) is 6.43. The highest BCUT2D eigenvalue weighted by Gasteiger charge is 2.16. The minimum Gasteiger partial charge on any atom is -0.391 e. The fourth-order valence-electron chi connectivity index (χ4n) is 1.97. The Morgan fingerprint density at radius 2 is 1.73 bits per heavy atom. The van der Waals surface area contributed by atoms with Crippen molar-refractivity contribution in [2.75, 3.05) is 11.9 Å². The van der Waals surface area contributed by atoms with E-state index in [4.69, 9.17) is 0 Å². The van der Waals surface area contributed by atoms with E-state index in [1.807, 2.05) is 19.1 Å². The summed E-state index contributed by atoms with van der Waals surface area (Å²) in [5, 5.41) is 14.5. The van der Waals surface area contributed by atoms with Crippen LogP contribution >= 0.6 is 0 Å². The van der Waals surface area contributed by atoms with Crippen LogP contribution in [-0.4, -0.2) is 29.6 Å². The van der Waals surface area contributed by atoms with Gasteiger partial charge in [-0.25, -0.2) is 0 Å². The highest BCUT2D eigenvalue weighted by molar-refractivity contribution is 6.39. The first-order valence-electron chi connectivity index (χ1n) is 7.61. The molecule has 2 amide bonds. The summed E-state index contributed by atoms with van der Waals surface area (Å²) in [4.78, 5) is 23.4. The lowest BCUT2D eigenvalue weighted by Gasteiger charge is -2.19. The van der Waals surface area contributed by atoms with Gasteiger partial charge in [-0.1, -0.05) is 46.2 Å². The zero-order valence-corrected chi connectivity index (χ0v) is 13.8. The van der Waals surface area contributed by atoms with Gasteiger partial charge in [-0.2, -0.15) is 0 Å². The van der Waals surface area contributed by atoms with Crippen molar-refractivity contribution in [1.82, 2.24) is 5.32 Å². The Morgan fingerprint density at radius 1 is 1.14 bits per heavy atom. The van der Waals surface area contributed by atoms with Gasteiger partial charge in [0.25, 0.3) is 0 Å². The Hall–Kier alpha value is -1.88.